The van der Waals surface area contributed by atoms with E-state index in [0.717, 1.165) is 19.3 Å². The van der Waals surface area contributed by atoms with Gasteiger partial charge in [0.25, 0.3) is 11.8 Å². The highest BCUT2D eigenvalue weighted by Gasteiger charge is 2.34. The summed E-state index contributed by atoms with van der Waals surface area (Å²) >= 11 is 0. The van der Waals surface area contributed by atoms with Gasteiger partial charge in [-0.3, -0.25) is 9.59 Å². The van der Waals surface area contributed by atoms with E-state index in [0.29, 0.717) is 36.7 Å². The maximum Gasteiger partial charge on any atom is 0.342 e. The number of hydrogen-bond acceptors (Lipinski definition) is 6. The molecule has 1 fully saturated rings. The first-order chi connectivity index (χ1) is 16.8. The Morgan fingerprint density at radius 1 is 1.11 bits per heavy atom. The number of unbranched alkanes of at least 4 members (excludes halogenated alkanes) is 1. The number of nitrogens with zero attached hydrogens (tertiary/aromatic N) is 4. The maximum atomic E-state index is 13.4. The van der Waals surface area contributed by atoms with E-state index in [-0.39, 0.29) is 35.7 Å². The van der Waals surface area contributed by atoms with Crippen molar-refractivity contribution in [2.45, 2.75) is 53.0 Å². The van der Waals surface area contributed by atoms with Gasteiger partial charge in [-0.25, -0.2) is 14.8 Å². The van der Waals surface area contributed by atoms with Gasteiger partial charge in [-0.2, -0.15) is 0 Å². The second-order valence-corrected chi connectivity index (χ2v) is 8.87. The van der Waals surface area contributed by atoms with E-state index in [4.69, 9.17) is 4.74 Å². The number of ether oxygens (including phenoxy) is 1. The normalized spacial score (nSPS) is 15.6. The van der Waals surface area contributed by atoms with Gasteiger partial charge in [-0.1, -0.05) is 38.1 Å². The highest BCUT2D eigenvalue weighted by molar-refractivity contribution is 6.04. The minimum Gasteiger partial charge on any atom is -0.458 e. The van der Waals surface area contributed by atoms with Gasteiger partial charge in [-0.05, 0) is 51.3 Å². The van der Waals surface area contributed by atoms with Crippen molar-refractivity contribution in [1.29, 1.82) is 0 Å². The molecule has 2 heterocycles. The Balaban J connectivity index is 1.74. The summed E-state index contributed by atoms with van der Waals surface area (Å²) < 4.78 is 5.16. The van der Waals surface area contributed by atoms with E-state index in [1.165, 1.54) is 11.6 Å². The molecule has 35 heavy (non-hydrogen) atoms. The molecule has 1 atom stereocenters. The van der Waals surface area contributed by atoms with Crippen LogP contribution in [0.15, 0.2) is 36.9 Å². The smallest absolute Gasteiger partial charge is 0.342 e. The zero-order chi connectivity index (χ0) is 25.5. The predicted molar refractivity (Wildman–Crippen MR) is 133 cm³/mol. The Labute approximate surface area is 207 Å². The molecule has 0 radical (unpaired) electrons. The molecule has 0 aliphatic carbocycles. The van der Waals surface area contributed by atoms with Crippen LogP contribution in [-0.4, -0.2) is 69.8 Å². The van der Waals surface area contributed by atoms with Crippen LogP contribution in [-0.2, 0) is 11.2 Å². The lowest BCUT2D eigenvalue weighted by atomic mass is 10.0. The van der Waals surface area contributed by atoms with Crippen molar-refractivity contribution in [3.63, 3.8) is 0 Å². The van der Waals surface area contributed by atoms with E-state index in [2.05, 4.69) is 23.5 Å². The molecule has 0 bridgehead atoms. The summed E-state index contributed by atoms with van der Waals surface area (Å²) in [6.07, 6.45) is 4.72. The van der Waals surface area contributed by atoms with E-state index in [1.807, 2.05) is 31.2 Å². The van der Waals surface area contributed by atoms with Crippen molar-refractivity contribution in [2.75, 3.05) is 26.2 Å². The third kappa shape index (κ3) is 6.12. The van der Waals surface area contributed by atoms with Gasteiger partial charge in [-0.15, -0.1) is 0 Å². The van der Waals surface area contributed by atoms with Gasteiger partial charge in [0, 0.05) is 31.2 Å². The van der Waals surface area contributed by atoms with Crippen LogP contribution in [0.3, 0.4) is 0 Å². The molecule has 1 saturated heterocycles. The number of esters is 1. The van der Waals surface area contributed by atoms with Crippen molar-refractivity contribution < 1.29 is 19.1 Å². The minimum atomic E-state index is -0.657. The maximum absolute atomic E-state index is 13.4. The monoisotopic (exact) mass is 478 g/mol. The third-order valence-corrected chi connectivity index (χ3v) is 6.14. The lowest BCUT2D eigenvalue weighted by Gasteiger charge is -2.40. The van der Waals surface area contributed by atoms with Gasteiger partial charge >= 0.3 is 5.97 Å². The summed E-state index contributed by atoms with van der Waals surface area (Å²) in [6.45, 7) is 12.0. The van der Waals surface area contributed by atoms with Crippen LogP contribution in [0.25, 0.3) is 0 Å². The van der Waals surface area contributed by atoms with Crippen LogP contribution < -0.4 is 0 Å². The number of rotatable bonds is 8. The molecule has 1 aliphatic heterocycles. The number of carbonyl (C=O) groups excluding carboxylic acids is 3. The quantitative estimate of drug-likeness (QED) is 0.424. The Morgan fingerprint density at radius 3 is 2.46 bits per heavy atom. The standard InChI is InChI=1S/C27H34N4O4/c1-6-8-9-21-10-12-22(13-11-21)25(32)31-15-14-30(17-18(31)3)26(33)24-23(27(34)35-16-7-2)19(4)28-20(5)29-24/h7,10-13,18H,2,6,8-9,14-17H2,1,3-5H3. The Hall–Kier alpha value is -3.55. The molecule has 186 valence electrons. The van der Waals surface area contributed by atoms with Gasteiger partial charge in [0.15, 0.2) is 0 Å². The molecule has 0 N–H and O–H groups in total. The van der Waals surface area contributed by atoms with Crippen LogP contribution in [0, 0.1) is 13.8 Å². The summed E-state index contributed by atoms with van der Waals surface area (Å²) in [5, 5.41) is 0. The summed E-state index contributed by atoms with van der Waals surface area (Å²) in [5.74, 6) is -0.678. The van der Waals surface area contributed by atoms with Crippen LogP contribution in [0.5, 0.6) is 0 Å². The molecule has 0 spiro atoms. The van der Waals surface area contributed by atoms with Crippen LogP contribution in [0.2, 0.25) is 0 Å². The number of amides is 2. The fraction of sp³-hybridized carbons (Fsp3) is 0.444. The molecule has 1 aromatic heterocycles. The summed E-state index contributed by atoms with van der Waals surface area (Å²) in [6, 6.07) is 7.59. The summed E-state index contributed by atoms with van der Waals surface area (Å²) in [5.41, 5.74) is 2.35. The van der Waals surface area contributed by atoms with E-state index in [1.54, 1.807) is 23.6 Å². The van der Waals surface area contributed by atoms with Crippen LogP contribution >= 0.6 is 0 Å². The zero-order valence-electron chi connectivity index (χ0n) is 21.0. The van der Waals surface area contributed by atoms with Gasteiger partial charge in [0.05, 0.1) is 5.69 Å². The predicted octanol–water partition coefficient (Wildman–Crippen LogP) is 3.77. The molecular weight excluding hydrogens is 444 g/mol. The number of carbonyl (C=O) groups is 3. The van der Waals surface area contributed by atoms with Crippen molar-refractivity contribution in [3.05, 3.63) is 70.8 Å². The first-order valence-corrected chi connectivity index (χ1v) is 12.1. The highest BCUT2D eigenvalue weighted by Crippen LogP contribution is 2.20. The second kappa shape index (κ2) is 11.7. The first kappa shape index (κ1) is 26.1. The van der Waals surface area contributed by atoms with Crippen molar-refractivity contribution >= 4 is 17.8 Å². The van der Waals surface area contributed by atoms with Crippen molar-refractivity contribution in [1.82, 2.24) is 19.8 Å². The largest absolute Gasteiger partial charge is 0.458 e. The number of aryl methyl sites for hydroxylation is 3. The fourth-order valence-electron chi connectivity index (χ4n) is 4.27. The van der Waals surface area contributed by atoms with Gasteiger partial charge in [0.2, 0.25) is 0 Å². The van der Waals surface area contributed by atoms with Crippen molar-refractivity contribution in [3.8, 4) is 0 Å². The lowest BCUT2D eigenvalue weighted by molar-refractivity contribution is 0.0406. The van der Waals surface area contributed by atoms with Crippen molar-refractivity contribution in [2.24, 2.45) is 0 Å². The molecular formula is C27H34N4O4. The second-order valence-electron chi connectivity index (χ2n) is 8.87. The zero-order valence-corrected chi connectivity index (χ0v) is 21.0. The average molecular weight is 479 g/mol. The molecule has 2 amide bonds. The van der Waals surface area contributed by atoms with Gasteiger partial charge in [0.1, 0.15) is 23.7 Å². The molecule has 1 aromatic carbocycles. The van der Waals surface area contributed by atoms with E-state index < -0.39 is 5.97 Å². The van der Waals surface area contributed by atoms with Crippen LogP contribution in [0.1, 0.15) is 75.0 Å². The number of piperazine rings is 1. The summed E-state index contributed by atoms with van der Waals surface area (Å²) in [4.78, 5) is 51.1. The molecule has 8 heteroatoms. The number of benzene rings is 1. The van der Waals surface area contributed by atoms with E-state index >= 15 is 0 Å². The molecule has 1 aliphatic rings. The molecule has 2 aromatic rings. The third-order valence-electron chi connectivity index (χ3n) is 6.14. The highest BCUT2D eigenvalue weighted by atomic mass is 16.5. The minimum absolute atomic E-state index is 0.0250. The fourth-order valence-corrected chi connectivity index (χ4v) is 4.27. The van der Waals surface area contributed by atoms with Crippen LogP contribution in [0.4, 0.5) is 0 Å². The SMILES string of the molecule is C=CCOC(=O)c1c(C)nc(C)nc1C(=O)N1CCN(C(=O)c2ccc(CCCC)cc2)C(C)C1. The Bertz CT molecular complexity index is 1100. The Morgan fingerprint density at radius 2 is 1.83 bits per heavy atom. The average Bonchev–Trinajstić information content (AvgIpc) is 2.85. The molecule has 8 nitrogen and oxygen atoms in total. The molecule has 3 rings (SSSR count). The topological polar surface area (TPSA) is 92.7 Å². The molecule has 0 saturated carbocycles. The van der Waals surface area contributed by atoms with Gasteiger partial charge < -0.3 is 14.5 Å². The van der Waals surface area contributed by atoms with E-state index in [9.17, 15) is 14.4 Å². The number of hydrogen-bond donors (Lipinski definition) is 0. The Kier molecular flexibility index (Phi) is 8.73. The first-order valence-electron chi connectivity index (χ1n) is 12.1. The lowest BCUT2D eigenvalue weighted by Crippen LogP contribution is -2.55. The molecule has 1 unspecified atom stereocenters. The summed E-state index contributed by atoms with van der Waals surface area (Å²) in [7, 11) is 0. The number of aromatic nitrogens is 2.